The maximum atomic E-state index is 13.3. The number of amidine groups is 1. The van der Waals surface area contributed by atoms with Crippen LogP contribution in [0.2, 0.25) is 0 Å². The first-order valence-electron chi connectivity index (χ1n) is 17.6. The highest BCUT2D eigenvalue weighted by Crippen LogP contribution is 2.50. The highest BCUT2D eigenvalue weighted by Gasteiger charge is 2.35. The number of aliphatic imine (C=N–C) groups is 1. The zero-order valence-corrected chi connectivity index (χ0v) is 32.6. The van der Waals surface area contributed by atoms with Crippen LogP contribution >= 0.6 is 43.6 Å². The highest BCUT2D eigenvalue weighted by molar-refractivity contribution is 9.10. The van der Waals surface area contributed by atoms with Crippen LogP contribution in [0.3, 0.4) is 0 Å². The summed E-state index contributed by atoms with van der Waals surface area (Å²) >= 11 is 8.53. The Kier molecular flexibility index (Phi) is 10.3. The molecule has 0 aliphatic carbocycles. The van der Waals surface area contributed by atoms with Gasteiger partial charge in [0, 0.05) is 35.1 Å². The molecule has 0 spiro atoms. The predicted molar refractivity (Wildman–Crippen MR) is 219 cm³/mol. The van der Waals surface area contributed by atoms with Crippen LogP contribution in [-0.2, 0) is 11.4 Å². The van der Waals surface area contributed by atoms with Crippen molar-refractivity contribution in [3.63, 3.8) is 0 Å². The van der Waals surface area contributed by atoms with E-state index in [2.05, 4.69) is 115 Å². The van der Waals surface area contributed by atoms with Crippen molar-refractivity contribution >= 4 is 72.1 Å². The number of nitrogens with zero attached hydrogens (tertiary/aromatic N) is 2. The van der Waals surface area contributed by atoms with Crippen LogP contribution < -0.4 is 19.7 Å². The van der Waals surface area contributed by atoms with E-state index in [9.17, 15) is 4.79 Å². The average molecular weight is 836 g/mol. The SMILES string of the molecule is CCOc1cc(/C=C2\SC(=Nc3cc4c5c(c3)[C@@H](c3ccccc3)CCN5CC[C@@H]4c3ccccc3)NC2=O)cc(Br)c1OCc1ccc(Br)cc1. The van der Waals surface area contributed by atoms with Crippen LogP contribution in [0.4, 0.5) is 11.4 Å². The van der Waals surface area contributed by atoms with E-state index in [4.69, 9.17) is 14.5 Å². The van der Waals surface area contributed by atoms with E-state index in [1.165, 1.54) is 39.7 Å². The maximum absolute atomic E-state index is 13.3. The standard InChI is InChI=1S/C43H37Br2N3O3S/c1-2-50-38-22-28(21-37(45)41(38)51-26-27-13-15-31(44)16-14-27)23-39-42(49)47-43(52-39)46-32-24-35-33(29-9-5-3-6-10-29)17-19-48-20-18-34(36(25-32)40(35)48)30-11-7-4-8-12-30/h3-16,21-25,33-34H,2,17-20,26H2,1H3,(H,46,47,49)/b39-23-/t33-,34-/m1/s1. The fourth-order valence-electron chi connectivity index (χ4n) is 7.46. The molecule has 262 valence electrons. The smallest absolute Gasteiger partial charge is 0.264 e. The first-order chi connectivity index (χ1) is 25.4. The summed E-state index contributed by atoms with van der Waals surface area (Å²) in [5.41, 5.74) is 9.36. The number of rotatable bonds is 9. The Labute approximate surface area is 325 Å². The van der Waals surface area contributed by atoms with Gasteiger partial charge in [-0.1, -0.05) is 88.7 Å². The molecule has 2 atom stereocenters. The van der Waals surface area contributed by atoms with E-state index in [1.54, 1.807) is 0 Å². The molecule has 1 amide bonds. The quantitative estimate of drug-likeness (QED) is 0.150. The number of carbonyl (C=O) groups excluding carboxylic acids is 1. The van der Waals surface area contributed by atoms with Crippen molar-refractivity contribution in [2.45, 2.75) is 38.2 Å². The van der Waals surface area contributed by atoms with Crippen molar-refractivity contribution in [3.8, 4) is 11.5 Å². The predicted octanol–water partition coefficient (Wildman–Crippen LogP) is 11.0. The van der Waals surface area contributed by atoms with Crippen molar-refractivity contribution in [2.24, 2.45) is 4.99 Å². The van der Waals surface area contributed by atoms with Gasteiger partial charge in [-0.2, -0.15) is 0 Å². The highest BCUT2D eigenvalue weighted by atomic mass is 79.9. The third-order valence-electron chi connectivity index (χ3n) is 9.81. The second kappa shape index (κ2) is 15.3. The molecule has 6 nitrogen and oxygen atoms in total. The van der Waals surface area contributed by atoms with E-state index >= 15 is 0 Å². The van der Waals surface area contributed by atoms with Gasteiger partial charge in [-0.25, -0.2) is 4.99 Å². The lowest BCUT2D eigenvalue weighted by Gasteiger charge is -2.43. The third kappa shape index (κ3) is 7.31. The number of ether oxygens (including phenoxy) is 2. The van der Waals surface area contributed by atoms with Crippen molar-refractivity contribution in [3.05, 3.63) is 156 Å². The molecule has 8 rings (SSSR count). The second-order valence-corrected chi connectivity index (χ2v) is 15.9. The molecule has 3 heterocycles. The third-order valence-corrected chi connectivity index (χ3v) is 11.8. The Morgan fingerprint density at radius 1 is 0.846 bits per heavy atom. The van der Waals surface area contributed by atoms with E-state index in [0.29, 0.717) is 34.8 Å². The van der Waals surface area contributed by atoms with Crippen LogP contribution in [0.5, 0.6) is 11.5 Å². The normalized spacial score (nSPS) is 19.4. The van der Waals surface area contributed by atoms with Crippen LogP contribution in [0.25, 0.3) is 6.08 Å². The van der Waals surface area contributed by atoms with Gasteiger partial charge in [-0.3, -0.25) is 4.79 Å². The van der Waals surface area contributed by atoms with E-state index < -0.39 is 0 Å². The monoisotopic (exact) mass is 833 g/mol. The zero-order chi connectivity index (χ0) is 35.6. The summed E-state index contributed by atoms with van der Waals surface area (Å²) in [4.78, 5) is 21.6. The molecule has 5 aromatic carbocycles. The molecule has 9 heteroatoms. The molecule has 1 N–H and O–H groups in total. The van der Waals surface area contributed by atoms with Gasteiger partial charge in [0.05, 0.1) is 21.7 Å². The molecule has 0 unspecified atom stereocenters. The molecule has 3 aliphatic rings. The van der Waals surface area contributed by atoms with Crippen LogP contribution in [-0.4, -0.2) is 30.8 Å². The second-order valence-electron chi connectivity index (χ2n) is 13.1. The van der Waals surface area contributed by atoms with Crippen molar-refractivity contribution in [2.75, 3.05) is 24.6 Å². The van der Waals surface area contributed by atoms with Gasteiger partial charge in [0.2, 0.25) is 0 Å². The topological polar surface area (TPSA) is 63.2 Å². The number of amides is 1. The largest absolute Gasteiger partial charge is 0.490 e. The number of anilines is 1. The molecular weight excluding hydrogens is 798 g/mol. The Balaban J connectivity index is 1.11. The van der Waals surface area contributed by atoms with Gasteiger partial charge in [0.25, 0.3) is 5.91 Å². The van der Waals surface area contributed by atoms with E-state index in [0.717, 1.165) is 51.7 Å². The summed E-state index contributed by atoms with van der Waals surface area (Å²) in [6.45, 7) is 4.88. The minimum atomic E-state index is -0.178. The molecule has 1 saturated heterocycles. The van der Waals surface area contributed by atoms with Gasteiger partial charge < -0.3 is 19.7 Å². The molecule has 5 aromatic rings. The molecule has 0 radical (unpaired) electrons. The lowest BCUT2D eigenvalue weighted by atomic mass is 9.76. The molecule has 1 fully saturated rings. The Hall–Kier alpha value is -4.31. The summed E-state index contributed by atoms with van der Waals surface area (Å²) in [5.74, 6) is 1.61. The van der Waals surface area contributed by atoms with Gasteiger partial charge in [0.15, 0.2) is 16.7 Å². The number of hydrogen-bond acceptors (Lipinski definition) is 6. The first-order valence-corrected chi connectivity index (χ1v) is 20.0. The minimum Gasteiger partial charge on any atom is -0.490 e. The van der Waals surface area contributed by atoms with Crippen molar-refractivity contribution in [1.82, 2.24) is 5.32 Å². The van der Waals surface area contributed by atoms with Gasteiger partial charge >= 0.3 is 0 Å². The van der Waals surface area contributed by atoms with Crippen molar-refractivity contribution in [1.29, 1.82) is 0 Å². The molecule has 0 aromatic heterocycles. The minimum absolute atomic E-state index is 0.178. The molecule has 3 aliphatic heterocycles. The molecular formula is C43H37Br2N3O3S. The summed E-state index contributed by atoms with van der Waals surface area (Å²) in [6.07, 6.45) is 3.98. The zero-order valence-electron chi connectivity index (χ0n) is 28.7. The maximum Gasteiger partial charge on any atom is 0.264 e. The first kappa shape index (κ1) is 34.8. The lowest BCUT2D eigenvalue weighted by molar-refractivity contribution is -0.115. The Morgan fingerprint density at radius 3 is 2.10 bits per heavy atom. The lowest BCUT2D eigenvalue weighted by Crippen LogP contribution is -2.37. The summed E-state index contributed by atoms with van der Waals surface area (Å²) in [5, 5.41) is 3.60. The fourth-order valence-corrected chi connectivity index (χ4v) is 9.14. The van der Waals surface area contributed by atoms with Gasteiger partial charge in [0.1, 0.15) is 6.61 Å². The Bertz CT molecular complexity index is 2100. The van der Waals surface area contributed by atoms with E-state index in [-0.39, 0.29) is 17.7 Å². The summed E-state index contributed by atoms with van der Waals surface area (Å²) < 4.78 is 14.0. The molecule has 0 bridgehead atoms. The van der Waals surface area contributed by atoms with Crippen LogP contribution in [0.15, 0.2) is 128 Å². The molecule has 0 saturated carbocycles. The number of thioether (sulfide) groups is 1. The van der Waals surface area contributed by atoms with Crippen LogP contribution in [0, 0.1) is 0 Å². The average Bonchev–Trinajstić information content (AvgIpc) is 3.50. The van der Waals surface area contributed by atoms with Gasteiger partial charge in [-0.05, 0) is 123 Å². The number of benzene rings is 5. The molecule has 52 heavy (non-hydrogen) atoms. The van der Waals surface area contributed by atoms with Gasteiger partial charge in [-0.15, -0.1) is 0 Å². The summed E-state index contributed by atoms with van der Waals surface area (Å²) in [7, 11) is 0. The number of nitrogens with one attached hydrogen (secondary N) is 1. The fraction of sp³-hybridized carbons (Fsp3) is 0.209. The summed E-state index contributed by atoms with van der Waals surface area (Å²) in [6, 6.07) is 38.0. The van der Waals surface area contributed by atoms with E-state index in [1.807, 2.05) is 49.4 Å². The Morgan fingerprint density at radius 2 is 1.48 bits per heavy atom. The number of hydrogen-bond donors (Lipinski definition) is 1. The number of carbonyl (C=O) groups is 1. The van der Waals surface area contributed by atoms with Crippen LogP contribution in [0.1, 0.15) is 65.0 Å². The number of halogens is 2. The van der Waals surface area contributed by atoms with Crippen molar-refractivity contribution < 1.29 is 14.3 Å².